The van der Waals surface area contributed by atoms with E-state index in [1.807, 2.05) is 31.2 Å². The summed E-state index contributed by atoms with van der Waals surface area (Å²) in [5.41, 5.74) is 2.01. The van der Waals surface area contributed by atoms with E-state index in [0.29, 0.717) is 18.8 Å². The van der Waals surface area contributed by atoms with E-state index in [1.165, 1.54) is 0 Å². The Hall–Kier alpha value is -2.43. The van der Waals surface area contributed by atoms with E-state index < -0.39 is 0 Å². The van der Waals surface area contributed by atoms with Gasteiger partial charge in [-0.2, -0.15) is 0 Å². The first-order chi connectivity index (χ1) is 9.24. The van der Waals surface area contributed by atoms with Crippen molar-refractivity contribution in [2.45, 2.75) is 13.3 Å². The largest absolute Gasteiger partial charge is 0.337 e. The molecule has 2 aromatic heterocycles. The quantitative estimate of drug-likeness (QED) is 0.880. The van der Waals surface area contributed by atoms with Gasteiger partial charge in [0.1, 0.15) is 5.82 Å². The van der Waals surface area contributed by atoms with Crippen molar-refractivity contribution in [2.75, 3.05) is 11.9 Å². The van der Waals surface area contributed by atoms with Crippen LogP contribution < -0.4 is 10.6 Å². The highest BCUT2D eigenvalue weighted by molar-refractivity contribution is 5.88. The molecule has 0 saturated heterocycles. The van der Waals surface area contributed by atoms with Crippen LogP contribution in [0.3, 0.4) is 0 Å². The summed E-state index contributed by atoms with van der Waals surface area (Å²) in [7, 11) is 0. The molecule has 0 bridgehead atoms. The van der Waals surface area contributed by atoms with Crippen LogP contribution in [0.2, 0.25) is 0 Å². The zero-order chi connectivity index (χ0) is 13.5. The third kappa shape index (κ3) is 4.39. The summed E-state index contributed by atoms with van der Waals surface area (Å²) >= 11 is 0. The number of carbonyl (C=O) groups is 1. The topological polar surface area (TPSA) is 66.9 Å². The molecule has 0 fully saturated rings. The molecule has 5 nitrogen and oxygen atoms in total. The molecule has 0 saturated carbocycles. The van der Waals surface area contributed by atoms with Crippen molar-refractivity contribution in [1.29, 1.82) is 0 Å². The number of amides is 2. The van der Waals surface area contributed by atoms with Gasteiger partial charge in [0.05, 0.1) is 0 Å². The summed E-state index contributed by atoms with van der Waals surface area (Å²) in [6, 6.07) is 9.14. The molecule has 2 aromatic rings. The molecule has 0 unspecified atom stereocenters. The number of carbonyl (C=O) groups excluding carboxylic acids is 1. The van der Waals surface area contributed by atoms with Gasteiger partial charge in [0.2, 0.25) is 0 Å². The average molecular weight is 256 g/mol. The number of aryl methyl sites for hydroxylation is 1. The highest BCUT2D eigenvalue weighted by Gasteiger charge is 2.02. The van der Waals surface area contributed by atoms with E-state index in [-0.39, 0.29) is 6.03 Å². The van der Waals surface area contributed by atoms with Gasteiger partial charge in [-0.15, -0.1) is 0 Å². The van der Waals surface area contributed by atoms with Crippen molar-refractivity contribution in [2.24, 2.45) is 0 Å². The van der Waals surface area contributed by atoms with Crippen LogP contribution >= 0.6 is 0 Å². The predicted molar refractivity (Wildman–Crippen MR) is 73.9 cm³/mol. The number of rotatable bonds is 4. The van der Waals surface area contributed by atoms with E-state index in [2.05, 4.69) is 20.6 Å². The van der Waals surface area contributed by atoms with Gasteiger partial charge in [-0.3, -0.25) is 10.3 Å². The monoisotopic (exact) mass is 256 g/mol. The van der Waals surface area contributed by atoms with Crippen LogP contribution in [0.4, 0.5) is 10.6 Å². The van der Waals surface area contributed by atoms with Gasteiger partial charge in [-0.05, 0) is 30.7 Å². The van der Waals surface area contributed by atoms with Gasteiger partial charge in [0.25, 0.3) is 0 Å². The number of nitrogens with one attached hydrogen (secondary N) is 2. The van der Waals surface area contributed by atoms with Crippen LogP contribution in [0.15, 0.2) is 42.7 Å². The van der Waals surface area contributed by atoms with Gasteiger partial charge < -0.3 is 5.32 Å². The summed E-state index contributed by atoms with van der Waals surface area (Å²) < 4.78 is 0. The molecule has 98 valence electrons. The standard InChI is InChI=1S/C14H16N4O/c1-11-5-6-13(17-10-11)18-14(19)16-9-7-12-4-2-3-8-15-12/h2-6,8,10H,7,9H2,1H3,(H2,16,17,18,19). The zero-order valence-electron chi connectivity index (χ0n) is 10.8. The molecule has 0 radical (unpaired) electrons. The molecule has 2 N–H and O–H groups in total. The van der Waals surface area contributed by atoms with Crippen molar-refractivity contribution in [3.8, 4) is 0 Å². The maximum atomic E-state index is 11.6. The van der Waals surface area contributed by atoms with Crippen molar-refractivity contribution in [1.82, 2.24) is 15.3 Å². The molecule has 2 heterocycles. The van der Waals surface area contributed by atoms with E-state index in [9.17, 15) is 4.79 Å². The van der Waals surface area contributed by atoms with Crippen molar-refractivity contribution in [3.05, 3.63) is 54.0 Å². The molecule has 2 amide bonds. The smallest absolute Gasteiger partial charge is 0.320 e. The second-order valence-electron chi connectivity index (χ2n) is 4.17. The molecule has 0 spiro atoms. The molecular weight excluding hydrogens is 240 g/mol. The van der Waals surface area contributed by atoms with E-state index in [0.717, 1.165) is 11.3 Å². The Bertz CT molecular complexity index is 525. The van der Waals surface area contributed by atoms with E-state index >= 15 is 0 Å². The SMILES string of the molecule is Cc1ccc(NC(=O)NCCc2ccccn2)nc1. The van der Waals surface area contributed by atoms with E-state index in [4.69, 9.17) is 0 Å². The molecule has 0 aliphatic heterocycles. The third-order valence-electron chi connectivity index (χ3n) is 2.55. The molecule has 0 atom stereocenters. The molecule has 0 aliphatic rings. The van der Waals surface area contributed by atoms with Crippen LogP contribution in [0.5, 0.6) is 0 Å². The molecule has 0 aromatic carbocycles. The number of nitrogens with zero attached hydrogens (tertiary/aromatic N) is 2. The predicted octanol–water partition coefficient (Wildman–Crippen LogP) is 2.15. The summed E-state index contributed by atoms with van der Waals surface area (Å²) in [6.07, 6.45) is 4.16. The Morgan fingerprint density at radius 3 is 2.79 bits per heavy atom. The molecule has 19 heavy (non-hydrogen) atoms. The molecular formula is C14H16N4O. The summed E-state index contributed by atoms with van der Waals surface area (Å²) in [5.74, 6) is 0.543. The lowest BCUT2D eigenvalue weighted by atomic mass is 10.3. The average Bonchev–Trinajstić information content (AvgIpc) is 2.43. The minimum atomic E-state index is -0.257. The normalized spacial score (nSPS) is 9.95. The fraction of sp³-hybridized carbons (Fsp3) is 0.214. The third-order valence-corrected chi connectivity index (χ3v) is 2.55. The first kappa shape index (κ1) is 13.0. The Morgan fingerprint density at radius 1 is 1.21 bits per heavy atom. The molecule has 0 aliphatic carbocycles. The van der Waals surface area contributed by atoms with Crippen LogP contribution in [0, 0.1) is 6.92 Å². The summed E-state index contributed by atoms with van der Waals surface area (Å²) in [4.78, 5) is 19.9. The Balaban J connectivity index is 1.74. The van der Waals surface area contributed by atoms with Gasteiger partial charge in [0.15, 0.2) is 0 Å². The number of pyridine rings is 2. The number of anilines is 1. The minimum Gasteiger partial charge on any atom is -0.337 e. The lowest BCUT2D eigenvalue weighted by Crippen LogP contribution is -2.30. The molecule has 5 heteroatoms. The van der Waals surface area contributed by atoms with Gasteiger partial charge in [-0.1, -0.05) is 12.1 Å². The second kappa shape index (κ2) is 6.49. The van der Waals surface area contributed by atoms with E-state index in [1.54, 1.807) is 18.5 Å². The second-order valence-corrected chi connectivity index (χ2v) is 4.17. The number of hydrogen-bond acceptors (Lipinski definition) is 3. The Labute approximate surface area is 112 Å². The van der Waals surface area contributed by atoms with Crippen molar-refractivity contribution in [3.63, 3.8) is 0 Å². The Kier molecular flexibility index (Phi) is 4.44. The lowest BCUT2D eigenvalue weighted by molar-refractivity contribution is 0.252. The van der Waals surface area contributed by atoms with Crippen molar-refractivity contribution < 1.29 is 4.79 Å². The van der Waals surface area contributed by atoms with Crippen molar-refractivity contribution >= 4 is 11.8 Å². The maximum absolute atomic E-state index is 11.6. The maximum Gasteiger partial charge on any atom is 0.320 e. The highest BCUT2D eigenvalue weighted by Crippen LogP contribution is 2.03. The van der Waals surface area contributed by atoms with Gasteiger partial charge in [-0.25, -0.2) is 9.78 Å². The fourth-order valence-corrected chi connectivity index (χ4v) is 1.55. The minimum absolute atomic E-state index is 0.257. The van der Waals surface area contributed by atoms with Gasteiger partial charge in [0, 0.05) is 31.1 Å². The highest BCUT2D eigenvalue weighted by atomic mass is 16.2. The number of urea groups is 1. The van der Waals surface area contributed by atoms with Crippen LogP contribution in [0.25, 0.3) is 0 Å². The first-order valence-electron chi connectivity index (χ1n) is 6.11. The van der Waals surface area contributed by atoms with Crippen LogP contribution in [-0.2, 0) is 6.42 Å². The van der Waals surface area contributed by atoms with Crippen LogP contribution in [0.1, 0.15) is 11.3 Å². The number of aromatic nitrogens is 2. The fourth-order valence-electron chi connectivity index (χ4n) is 1.55. The Morgan fingerprint density at radius 2 is 2.11 bits per heavy atom. The molecule has 2 rings (SSSR count). The zero-order valence-corrected chi connectivity index (χ0v) is 10.8. The van der Waals surface area contributed by atoms with Crippen LogP contribution in [-0.4, -0.2) is 22.5 Å². The first-order valence-corrected chi connectivity index (χ1v) is 6.11. The number of hydrogen-bond donors (Lipinski definition) is 2. The lowest BCUT2D eigenvalue weighted by Gasteiger charge is -2.06. The summed E-state index contributed by atoms with van der Waals surface area (Å²) in [5, 5.41) is 5.44. The van der Waals surface area contributed by atoms with Gasteiger partial charge >= 0.3 is 6.03 Å². The summed E-state index contributed by atoms with van der Waals surface area (Å²) in [6.45, 7) is 2.48.